The minimum absolute atomic E-state index is 0.138. The van der Waals surface area contributed by atoms with E-state index in [1.165, 1.54) is 23.5 Å². The van der Waals surface area contributed by atoms with Crippen LogP contribution in [-0.2, 0) is 11.2 Å². The lowest BCUT2D eigenvalue weighted by atomic mass is 10.2. The summed E-state index contributed by atoms with van der Waals surface area (Å²) in [4.78, 5) is 16.4. The van der Waals surface area contributed by atoms with Gasteiger partial charge in [-0.05, 0) is 36.4 Å². The number of amides is 1. The molecule has 7 heteroatoms. The van der Waals surface area contributed by atoms with Crippen molar-refractivity contribution >= 4 is 28.8 Å². The lowest BCUT2D eigenvalue weighted by molar-refractivity contribution is -0.120. The van der Waals surface area contributed by atoms with E-state index in [9.17, 15) is 9.18 Å². The lowest BCUT2D eigenvalue weighted by Gasteiger charge is -2.07. The van der Waals surface area contributed by atoms with Crippen LogP contribution >= 0.6 is 22.9 Å². The van der Waals surface area contributed by atoms with Crippen LogP contribution in [0.5, 0.6) is 5.75 Å². The Morgan fingerprint density at radius 1 is 1.23 bits per heavy atom. The van der Waals surface area contributed by atoms with E-state index in [0.29, 0.717) is 40.2 Å². The molecule has 0 aliphatic carbocycles. The van der Waals surface area contributed by atoms with E-state index < -0.39 is 0 Å². The molecule has 3 rings (SSSR count). The number of halogens is 2. The Hall–Kier alpha value is -2.44. The Bertz CT molecular complexity index is 883. The van der Waals surface area contributed by atoms with Crippen LogP contribution in [0.15, 0.2) is 53.9 Å². The molecule has 0 atom stereocenters. The van der Waals surface area contributed by atoms with Crippen molar-refractivity contribution in [2.75, 3.05) is 13.2 Å². The topological polar surface area (TPSA) is 51.2 Å². The van der Waals surface area contributed by atoms with Crippen molar-refractivity contribution in [1.82, 2.24) is 10.3 Å². The second-order valence-corrected chi connectivity index (χ2v) is 6.78. The number of carbonyl (C=O) groups is 1. The first-order chi connectivity index (χ1) is 12.6. The molecule has 134 valence electrons. The van der Waals surface area contributed by atoms with Gasteiger partial charge in [0, 0.05) is 16.0 Å². The number of rotatable bonds is 7. The Kier molecular flexibility index (Phi) is 6.20. The minimum Gasteiger partial charge on any atom is -0.492 e. The number of thiazole rings is 1. The fourth-order valence-corrected chi connectivity index (χ4v) is 3.20. The van der Waals surface area contributed by atoms with E-state index in [2.05, 4.69) is 10.3 Å². The Balaban J connectivity index is 1.44. The summed E-state index contributed by atoms with van der Waals surface area (Å²) in [7, 11) is 0. The van der Waals surface area contributed by atoms with Gasteiger partial charge in [0.05, 0.1) is 18.7 Å². The summed E-state index contributed by atoms with van der Waals surface area (Å²) in [5, 5.41) is 5.93. The molecule has 2 aromatic carbocycles. The predicted molar refractivity (Wildman–Crippen MR) is 101 cm³/mol. The van der Waals surface area contributed by atoms with Crippen LogP contribution in [0.2, 0.25) is 5.02 Å². The fraction of sp³-hybridized carbons (Fsp3) is 0.158. The zero-order valence-corrected chi connectivity index (χ0v) is 15.3. The molecule has 1 heterocycles. The highest BCUT2D eigenvalue weighted by Gasteiger charge is 2.09. The zero-order chi connectivity index (χ0) is 18.4. The molecule has 4 nitrogen and oxygen atoms in total. The van der Waals surface area contributed by atoms with E-state index in [0.717, 1.165) is 0 Å². The van der Waals surface area contributed by atoms with Gasteiger partial charge in [0.15, 0.2) is 0 Å². The van der Waals surface area contributed by atoms with Crippen molar-refractivity contribution in [1.29, 1.82) is 0 Å². The van der Waals surface area contributed by atoms with Crippen LogP contribution in [0.3, 0.4) is 0 Å². The normalized spacial score (nSPS) is 10.5. The number of ether oxygens (including phenoxy) is 1. The van der Waals surface area contributed by atoms with Gasteiger partial charge in [0.2, 0.25) is 5.91 Å². The molecule has 26 heavy (non-hydrogen) atoms. The monoisotopic (exact) mass is 390 g/mol. The molecular weight excluding hydrogens is 375 g/mol. The molecule has 0 saturated carbocycles. The van der Waals surface area contributed by atoms with Gasteiger partial charge in [-0.25, -0.2) is 9.37 Å². The third-order valence-electron chi connectivity index (χ3n) is 3.47. The highest BCUT2D eigenvalue weighted by Crippen LogP contribution is 2.24. The third-order valence-corrected chi connectivity index (χ3v) is 4.66. The summed E-state index contributed by atoms with van der Waals surface area (Å²) in [6, 6.07) is 13.3. The van der Waals surface area contributed by atoms with Gasteiger partial charge in [0.25, 0.3) is 0 Å². The summed E-state index contributed by atoms with van der Waals surface area (Å²) in [6.07, 6.45) is 0.173. The van der Waals surface area contributed by atoms with Gasteiger partial charge >= 0.3 is 0 Å². The molecule has 1 N–H and O–H groups in total. The number of carbonyl (C=O) groups excluding carboxylic acids is 1. The lowest BCUT2D eigenvalue weighted by Crippen LogP contribution is -2.29. The fourth-order valence-electron chi connectivity index (χ4n) is 2.26. The number of aromatic nitrogens is 1. The largest absolute Gasteiger partial charge is 0.492 e. The molecule has 0 radical (unpaired) electrons. The van der Waals surface area contributed by atoms with Gasteiger partial charge < -0.3 is 10.1 Å². The van der Waals surface area contributed by atoms with Crippen molar-refractivity contribution in [2.45, 2.75) is 6.42 Å². The van der Waals surface area contributed by atoms with Crippen LogP contribution in [0.25, 0.3) is 10.6 Å². The Labute approximate surface area is 159 Å². The number of hydrogen-bond donors (Lipinski definition) is 1. The molecule has 1 aromatic heterocycles. The highest BCUT2D eigenvalue weighted by molar-refractivity contribution is 7.13. The molecule has 0 unspecified atom stereocenters. The van der Waals surface area contributed by atoms with E-state index in [-0.39, 0.29) is 18.1 Å². The highest BCUT2D eigenvalue weighted by atomic mass is 35.5. The van der Waals surface area contributed by atoms with E-state index in [4.69, 9.17) is 16.3 Å². The average molecular weight is 391 g/mol. The van der Waals surface area contributed by atoms with Gasteiger partial charge in [-0.1, -0.05) is 23.7 Å². The molecule has 0 aliphatic heterocycles. The number of benzene rings is 2. The maximum atomic E-state index is 13.3. The summed E-state index contributed by atoms with van der Waals surface area (Å²) in [5.74, 6) is 0.251. The van der Waals surface area contributed by atoms with Crippen LogP contribution in [0.4, 0.5) is 4.39 Å². The Morgan fingerprint density at radius 2 is 2.04 bits per heavy atom. The molecule has 0 aliphatic rings. The zero-order valence-electron chi connectivity index (χ0n) is 13.7. The van der Waals surface area contributed by atoms with Crippen LogP contribution in [-0.4, -0.2) is 24.0 Å². The summed E-state index contributed by atoms with van der Waals surface area (Å²) >= 11 is 7.19. The van der Waals surface area contributed by atoms with E-state index in [1.54, 1.807) is 36.4 Å². The van der Waals surface area contributed by atoms with Crippen LogP contribution < -0.4 is 10.1 Å². The number of hydrogen-bond acceptors (Lipinski definition) is 4. The molecule has 0 spiro atoms. The van der Waals surface area contributed by atoms with Crippen LogP contribution in [0, 0.1) is 5.82 Å². The minimum atomic E-state index is -0.308. The first-order valence-corrected chi connectivity index (χ1v) is 9.21. The van der Waals surface area contributed by atoms with E-state index in [1.807, 2.05) is 5.38 Å². The predicted octanol–water partition coefficient (Wildman–Crippen LogP) is 4.34. The van der Waals surface area contributed by atoms with Gasteiger partial charge in [0.1, 0.15) is 23.2 Å². The summed E-state index contributed by atoms with van der Waals surface area (Å²) < 4.78 is 18.8. The van der Waals surface area contributed by atoms with Gasteiger partial charge in [-0.3, -0.25) is 4.79 Å². The second-order valence-electron chi connectivity index (χ2n) is 5.48. The smallest absolute Gasteiger partial charge is 0.226 e. The van der Waals surface area contributed by atoms with Crippen LogP contribution in [0.1, 0.15) is 5.69 Å². The number of nitrogens with zero attached hydrogens (tertiary/aromatic N) is 1. The second kappa shape index (κ2) is 8.78. The molecule has 1 amide bonds. The maximum absolute atomic E-state index is 13.3. The van der Waals surface area contributed by atoms with Crippen molar-refractivity contribution in [3.63, 3.8) is 0 Å². The van der Waals surface area contributed by atoms with Crippen molar-refractivity contribution in [2.24, 2.45) is 0 Å². The molecule has 3 aromatic rings. The Morgan fingerprint density at radius 3 is 2.81 bits per heavy atom. The molecular formula is C19H16ClFN2O2S. The first kappa shape index (κ1) is 18.4. The van der Waals surface area contributed by atoms with Crippen molar-refractivity contribution < 1.29 is 13.9 Å². The molecule has 0 saturated heterocycles. The van der Waals surface area contributed by atoms with Gasteiger partial charge in [-0.15, -0.1) is 11.3 Å². The maximum Gasteiger partial charge on any atom is 0.226 e. The summed E-state index contributed by atoms with van der Waals surface area (Å²) in [5.41, 5.74) is 1.36. The molecule has 0 fully saturated rings. The number of nitrogens with one attached hydrogen (secondary N) is 1. The van der Waals surface area contributed by atoms with Crippen molar-refractivity contribution in [3.05, 3.63) is 70.4 Å². The summed E-state index contributed by atoms with van der Waals surface area (Å²) in [6.45, 7) is 0.751. The third kappa shape index (κ3) is 5.28. The first-order valence-electron chi connectivity index (χ1n) is 7.95. The standard InChI is InChI=1S/C19H16ClFN2O2S/c20-14-4-6-17(7-5-14)25-9-8-22-18(24)11-16-12-26-19(23-16)13-2-1-3-15(21)10-13/h1-7,10,12H,8-9,11H2,(H,22,24). The van der Waals surface area contributed by atoms with E-state index >= 15 is 0 Å². The SMILES string of the molecule is O=C(Cc1csc(-c2cccc(F)c2)n1)NCCOc1ccc(Cl)cc1. The van der Waals surface area contributed by atoms with Crippen molar-refractivity contribution in [3.8, 4) is 16.3 Å². The van der Waals surface area contributed by atoms with Gasteiger partial charge in [-0.2, -0.15) is 0 Å². The molecule has 0 bridgehead atoms. The quantitative estimate of drug-likeness (QED) is 0.610. The average Bonchev–Trinajstić information content (AvgIpc) is 3.09.